The third-order valence-corrected chi connectivity index (χ3v) is 7.37. The van der Waals surface area contributed by atoms with Crippen LogP contribution in [0.5, 0.6) is 0 Å². The summed E-state index contributed by atoms with van der Waals surface area (Å²) in [6.45, 7) is 0.384. The summed E-state index contributed by atoms with van der Waals surface area (Å²) in [6, 6.07) is 22.2. The van der Waals surface area contributed by atoms with Gasteiger partial charge >= 0.3 is 10.2 Å². The molecule has 0 atom stereocenters. The molecular weight excluding hydrogens is 533 g/mol. The van der Waals surface area contributed by atoms with E-state index < -0.39 is 16.1 Å². The summed E-state index contributed by atoms with van der Waals surface area (Å²) in [6.07, 6.45) is 1.74. The van der Waals surface area contributed by atoms with Gasteiger partial charge in [0.1, 0.15) is 5.69 Å². The molecule has 11 heteroatoms. The molecular formula is C26H21Cl2N5O3S. The summed E-state index contributed by atoms with van der Waals surface area (Å²) in [5.41, 5.74) is 4.38. The Labute approximate surface area is 223 Å². The van der Waals surface area contributed by atoms with E-state index in [4.69, 9.17) is 23.2 Å². The molecule has 0 fully saturated rings. The van der Waals surface area contributed by atoms with Crippen LogP contribution in [0.2, 0.25) is 10.0 Å². The van der Waals surface area contributed by atoms with Crippen molar-refractivity contribution in [2.75, 3.05) is 7.05 Å². The number of hydrogen-bond acceptors (Lipinski definition) is 4. The maximum absolute atomic E-state index is 13.3. The number of aromatic nitrogens is 3. The highest BCUT2D eigenvalue weighted by atomic mass is 35.5. The normalized spacial score (nSPS) is 11.6. The summed E-state index contributed by atoms with van der Waals surface area (Å²) in [4.78, 5) is 16.4. The minimum absolute atomic E-state index is 0.0612. The van der Waals surface area contributed by atoms with Crippen LogP contribution >= 0.6 is 23.2 Å². The van der Waals surface area contributed by atoms with Crippen LogP contribution in [-0.4, -0.2) is 36.1 Å². The number of fused-ring (bicyclic) bond motifs is 1. The quantitative estimate of drug-likeness (QED) is 0.256. The van der Waals surface area contributed by atoms with Crippen molar-refractivity contribution < 1.29 is 13.2 Å². The monoisotopic (exact) mass is 553 g/mol. The zero-order chi connectivity index (χ0) is 26.2. The van der Waals surface area contributed by atoms with Gasteiger partial charge in [-0.25, -0.2) is 9.44 Å². The van der Waals surface area contributed by atoms with Crippen molar-refractivity contribution in [2.24, 2.45) is 0 Å². The number of nitrogens with one attached hydrogen (secondary N) is 3. The van der Waals surface area contributed by atoms with Crippen LogP contribution in [-0.2, 0) is 16.8 Å². The van der Waals surface area contributed by atoms with Crippen molar-refractivity contribution in [3.63, 3.8) is 0 Å². The first-order valence-corrected chi connectivity index (χ1v) is 13.4. The first-order chi connectivity index (χ1) is 17.8. The summed E-state index contributed by atoms with van der Waals surface area (Å²) in [5.74, 6) is -0.824. The van der Waals surface area contributed by atoms with E-state index in [1.807, 2.05) is 47.2 Å². The van der Waals surface area contributed by atoms with Crippen LogP contribution in [0.15, 0.2) is 79.0 Å². The standard InChI is InChI=1S/C26H21Cl2N5O3S/c1-29-37(35,36)32-26(34)24-23(20-12-11-19(28)13-22(20)31-24)25-21(17-5-3-2-4-6-17)14-30-33(25)15-16-7-9-18(27)10-8-16/h2-14,29,31H,15H2,1H3,(H,32,34). The number of carbonyl (C=O) groups is 1. The zero-order valence-electron chi connectivity index (χ0n) is 19.5. The number of hydrogen-bond donors (Lipinski definition) is 3. The van der Waals surface area contributed by atoms with Crippen LogP contribution < -0.4 is 9.44 Å². The number of carbonyl (C=O) groups excluding carboxylic acids is 1. The Hall–Kier alpha value is -3.63. The topological polar surface area (TPSA) is 109 Å². The Balaban J connectivity index is 1.77. The lowest BCUT2D eigenvalue weighted by atomic mass is 9.98. The van der Waals surface area contributed by atoms with Gasteiger partial charge in [-0.2, -0.15) is 13.5 Å². The highest BCUT2D eigenvalue weighted by molar-refractivity contribution is 7.88. The molecule has 0 saturated heterocycles. The fourth-order valence-corrected chi connectivity index (χ4v) is 4.92. The van der Waals surface area contributed by atoms with E-state index in [2.05, 4.69) is 14.8 Å². The second kappa shape index (κ2) is 10.0. The van der Waals surface area contributed by atoms with E-state index in [0.717, 1.165) is 16.7 Å². The average molecular weight is 554 g/mol. The van der Waals surface area contributed by atoms with Gasteiger partial charge < -0.3 is 4.98 Å². The molecule has 0 bridgehead atoms. The van der Waals surface area contributed by atoms with Crippen molar-refractivity contribution in [3.8, 4) is 22.4 Å². The maximum Gasteiger partial charge on any atom is 0.301 e. The molecule has 0 radical (unpaired) electrons. The zero-order valence-corrected chi connectivity index (χ0v) is 21.8. The lowest BCUT2D eigenvalue weighted by molar-refractivity contribution is 0.0977. The lowest BCUT2D eigenvalue weighted by Crippen LogP contribution is -2.38. The first kappa shape index (κ1) is 25.0. The van der Waals surface area contributed by atoms with Crippen LogP contribution in [0, 0.1) is 0 Å². The highest BCUT2D eigenvalue weighted by Gasteiger charge is 2.27. The molecule has 1 amide bonds. The first-order valence-electron chi connectivity index (χ1n) is 11.2. The summed E-state index contributed by atoms with van der Waals surface area (Å²) in [7, 11) is -2.84. The number of rotatable bonds is 7. The van der Waals surface area contributed by atoms with E-state index in [9.17, 15) is 13.2 Å². The molecule has 8 nitrogen and oxygen atoms in total. The minimum Gasteiger partial charge on any atom is -0.350 e. The highest BCUT2D eigenvalue weighted by Crippen LogP contribution is 2.40. The Morgan fingerprint density at radius 1 is 1.00 bits per heavy atom. The molecule has 0 aliphatic rings. The van der Waals surface area contributed by atoms with Crippen molar-refractivity contribution in [2.45, 2.75) is 6.54 Å². The van der Waals surface area contributed by atoms with Gasteiger partial charge in [0.15, 0.2) is 0 Å². The van der Waals surface area contributed by atoms with E-state index >= 15 is 0 Å². The van der Waals surface area contributed by atoms with Gasteiger partial charge in [-0.05, 0) is 35.4 Å². The fraction of sp³-hybridized carbons (Fsp3) is 0.0769. The van der Waals surface area contributed by atoms with Crippen LogP contribution in [0.25, 0.3) is 33.3 Å². The second-order valence-electron chi connectivity index (χ2n) is 8.26. The van der Waals surface area contributed by atoms with Crippen LogP contribution in [0.4, 0.5) is 0 Å². The predicted octanol–water partition coefficient (Wildman–Crippen LogP) is 5.25. The largest absolute Gasteiger partial charge is 0.350 e. The number of nitrogens with zero attached hydrogens (tertiary/aromatic N) is 2. The lowest BCUT2D eigenvalue weighted by Gasteiger charge is -2.13. The van der Waals surface area contributed by atoms with Gasteiger partial charge in [0.2, 0.25) is 0 Å². The Bertz CT molecular complexity index is 1710. The minimum atomic E-state index is -4.05. The van der Waals surface area contributed by atoms with Gasteiger partial charge in [-0.15, -0.1) is 0 Å². The molecule has 0 spiro atoms. The molecule has 0 aliphatic heterocycles. The fourth-order valence-electron chi connectivity index (χ4n) is 4.17. The molecule has 2 aromatic heterocycles. The van der Waals surface area contributed by atoms with E-state index in [1.54, 1.807) is 41.2 Å². The maximum atomic E-state index is 13.3. The predicted molar refractivity (Wildman–Crippen MR) is 146 cm³/mol. The summed E-state index contributed by atoms with van der Waals surface area (Å²) in [5, 5.41) is 6.43. The molecule has 5 rings (SSSR count). The third-order valence-electron chi connectivity index (χ3n) is 5.89. The SMILES string of the molecule is CNS(=O)(=O)NC(=O)c1[nH]c2cc(Cl)ccc2c1-c1c(-c2ccccc2)cnn1Cc1ccc(Cl)cc1. The van der Waals surface area contributed by atoms with E-state index in [1.165, 1.54) is 7.05 Å². The van der Waals surface area contributed by atoms with Crippen molar-refractivity contribution in [1.29, 1.82) is 0 Å². The summed E-state index contributed by atoms with van der Waals surface area (Å²) < 4.78 is 30.3. The number of aromatic amines is 1. The molecule has 37 heavy (non-hydrogen) atoms. The molecule has 188 valence electrons. The second-order valence-corrected chi connectivity index (χ2v) is 10.8. The third kappa shape index (κ3) is 5.12. The number of halogens is 2. The van der Waals surface area contributed by atoms with Crippen molar-refractivity contribution >= 4 is 50.2 Å². The molecule has 0 unspecified atom stereocenters. The summed E-state index contributed by atoms with van der Waals surface area (Å²) >= 11 is 12.3. The number of H-pyrrole nitrogens is 1. The van der Waals surface area contributed by atoms with Crippen LogP contribution in [0.1, 0.15) is 16.1 Å². The van der Waals surface area contributed by atoms with Crippen molar-refractivity contribution in [1.82, 2.24) is 24.2 Å². The van der Waals surface area contributed by atoms with Gasteiger partial charge in [0.25, 0.3) is 5.91 Å². The van der Waals surface area contributed by atoms with Gasteiger partial charge in [0.05, 0.1) is 18.4 Å². The van der Waals surface area contributed by atoms with Crippen LogP contribution in [0.3, 0.4) is 0 Å². The smallest absolute Gasteiger partial charge is 0.301 e. The Morgan fingerprint density at radius 2 is 1.70 bits per heavy atom. The number of amides is 1. The Morgan fingerprint density at radius 3 is 2.41 bits per heavy atom. The van der Waals surface area contributed by atoms with Gasteiger partial charge in [-0.3, -0.25) is 9.48 Å². The Kier molecular flexibility index (Phi) is 6.78. The van der Waals surface area contributed by atoms with E-state index in [-0.39, 0.29) is 5.69 Å². The molecule has 3 aromatic carbocycles. The van der Waals surface area contributed by atoms with Crippen molar-refractivity contribution in [3.05, 3.63) is 100 Å². The molecule has 0 aliphatic carbocycles. The average Bonchev–Trinajstić information content (AvgIpc) is 3.46. The van der Waals surface area contributed by atoms with Gasteiger partial charge in [0, 0.05) is 39.1 Å². The molecule has 0 saturated carbocycles. The molecule has 2 heterocycles. The van der Waals surface area contributed by atoms with Gasteiger partial charge in [-0.1, -0.05) is 71.7 Å². The number of benzene rings is 3. The molecule has 3 N–H and O–H groups in total. The van der Waals surface area contributed by atoms with E-state index in [0.29, 0.717) is 38.8 Å². The molecule has 5 aromatic rings.